The first-order valence-corrected chi connectivity index (χ1v) is 13.4. The van der Waals surface area contributed by atoms with E-state index < -0.39 is 0 Å². The molecule has 9 nitrogen and oxygen atoms in total. The quantitative estimate of drug-likeness (QED) is 0.320. The van der Waals surface area contributed by atoms with Crippen molar-refractivity contribution in [2.45, 2.75) is 13.0 Å². The SMILES string of the molecule is COCC#Cc1cn(-c2c(Cl)cccc2Cl)c(=O)c2cnc(Nc3ccc(N4CCN[C@H](C)C4)c(OC)c3)nc12. The van der Waals surface area contributed by atoms with Crippen molar-refractivity contribution < 1.29 is 9.47 Å². The Kier molecular flexibility index (Phi) is 8.43. The van der Waals surface area contributed by atoms with E-state index in [0.717, 1.165) is 36.8 Å². The summed E-state index contributed by atoms with van der Waals surface area (Å²) >= 11 is 12.8. The molecule has 0 saturated carbocycles. The number of methoxy groups -OCH3 is 2. The molecule has 1 aliphatic heterocycles. The van der Waals surface area contributed by atoms with Crippen LogP contribution in [0.5, 0.6) is 5.75 Å². The Labute approximate surface area is 242 Å². The highest BCUT2D eigenvalue weighted by atomic mass is 35.5. The van der Waals surface area contributed by atoms with Gasteiger partial charge in [-0.05, 0) is 31.2 Å². The van der Waals surface area contributed by atoms with Crippen molar-refractivity contribution in [2.24, 2.45) is 0 Å². The summed E-state index contributed by atoms with van der Waals surface area (Å²) in [5.41, 5.74) is 2.64. The maximum Gasteiger partial charge on any atom is 0.266 e. The van der Waals surface area contributed by atoms with Crippen LogP contribution < -0.4 is 25.8 Å². The summed E-state index contributed by atoms with van der Waals surface area (Å²) in [6.45, 7) is 5.07. The number of hydrogen-bond donors (Lipinski definition) is 2. The van der Waals surface area contributed by atoms with E-state index in [1.165, 1.54) is 10.8 Å². The first-order valence-electron chi connectivity index (χ1n) is 12.7. The summed E-state index contributed by atoms with van der Waals surface area (Å²) in [4.78, 5) is 24.9. The zero-order chi connectivity index (χ0) is 28.2. The number of rotatable bonds is 6. The Hall–Kier alpha value is -3.81. The Balaban J connectivity index is 1.55. The highest BCUT2D eigenvalue weighted by Gasteiger charge is 2.20. The van der Waals surface area contributed by atoms with Gasteiger partial charge >= 0.3 is 0 Å². The second-order valence-electron chi connectivity index (χ2n) is 9.29. The number of ether oxygens (including phenoxy) is 2. The topological polar surface area (TPSA) is 93.5 Å². The molecule has 1 fully saturated rings. The number of para-hydroxylation sites is 1. The number of piperazine rings is 1. The van der Waals surface area contributed by atoms with Crippen LogP contribution in [0.2, 0.25) is 10.0 Å². The lowest BCUT2D eigenvalue weighted by Gasteiger charge is -2.34. The van der Waals surface area contributed by atoms with Crippen LogP contribution in [0.15, 0.2) is 53.6 Å². The molecule has 0 radical (unpaired) electrons. The van der Waals surface area contributed by atoms with Gasteiger partial charge in [-0.2, -0.15) is 0 Å². The van der Waals surface area contributed by atoms with Gasteiger partial charge in [0, 0.05) is 56.9 Å². The van der Waals surface area contributed by atoms with Gasteiger partial charge in [0.25, 0.3) is 5.56 Å². The first kappa shape index (κ1) is 27.7. The number of nitrogens with one attached hydrogen (secondary N) is 2. The van der Waals surface area contributed by atoms with E-state index >= 15 is 0 Å². The predicted octanol–water partition coefficient (Wildman–Crippen LogP) is 4.64. The van der Waals surface area contributed by atoms with Gasteiger partial charge in [-0.3, -0.25) is 9.36 Å². The normalized spacial score (nSPS) is 15.0. The molecular formula is C29H28Cl2N6O3. The second kappa shape index (κ2) is 12.1. The van der Waals surface area contributed by atoms with E-state index in [1.54, 1.807) is 38.6 Å². The van der Waals surface area contributed by atoms with E-state index in [2.05, 4.69) is 44.3 Å². The summed E-state index contributed by atoms with van der Waals surface area (Å²) in [5, 5.41) is 7.62. The number of nitrogens with zero attached hydrogens (tertiary/aromatic N) is 4. The molecule has 2 aromatic heterocycles. The van der Waals surface area contributed by atoms with Gasteiger partial charge in [0.1, 0.15) is 12.4 Å². The zero-order valence-corrected chi connectivity index (χ0v) is 23.8. The second-order valence-corrected chi connectivity index (χ2v) is 10.1. The average molecular weight is 579 g/mol. The molecular weight excluding hydrogens is 551 g/mol. The van der Waals surface area contributed by atoms with Crippen LogP contribution in [0.4, 0.5) is 17.3 Å². The maximum atomic E-state index is 13.5. The standard InChI is InChI=1S/C29H28Cl2N6O3/c1-18-16-36(12-11-32-18)24-10-9-20(14-25(24)40-3)34-29-33-15-21-26(35-29)19(6-5-13-39-2)17-37(28(21)38)27-22(30)7-4-8-23(27)31/h4,7-10,14-15,17-18,32H,11-13,16H2,1-3H3,(H,33,34,35)/t18-/m1/s1. The molecule has 1 saturated heterocycles. The first-order chi connectivity index (χ1) is 19.4. The molecule has 0 aliphatic carbocycles. The van der Waals surface area contributed by atoms with E-state index in [4.69, 9.17) is 32.7 Å². The van der Waals surface area contributed by atoms with Gasteiger partial charge in [0.15, 0.2) is 0 Å². The number of pyridine rings is 1. The molecule has 2 aromatic carbocycles. The van der Waals surface area contributed by atoms with E-state index in [1.807, 2.05) is 18.2 Å². The van der Waals surface area contributed by atoms with Crippen molar-refractivity contribution in [3.63, 3.8) is 0 Å². The summed E-state index contributed by atoms with van der Waals surface area (Å²) in [5.74, 6) is 7.04. The number of hydrogen-bond acceptors (Lipinski definition) is 8. The highest BCUT2D eigenvalue weighted by Crippen LogP contribution is 2.33. The third-order valence-electron chi connectivity index (χ3n) is 6.51. The highest BCUT2D eigenvalue weighted by molar-refractivity contribution is 6.37. The molecule has 1 atom stereocenters. The third kappa shape index (κ3) is 5.71. The molecule has 11 heteroatoms. The van der Waals surface area contributed by atoms with Crippen molar-refractivity contribution in [1.82, 2.24) is 19.9 Å². The van der Waals surface area contributed by atoms with Crippen molar-refractivity contribution in [2.75, 3.05) is 50.7 Å². The third-order valence-corrected chi connectivity index (χ3v) is 7.12. The average Bonchev–Trinajstić information content (AvgIpc) is 2.95. The van der Waals surface area contributed by atoms with Gasteiger partial charge in [0.05, 0.1) is 45.0 Å². The number of benzene rings is 2. The van der Waals surface area contributed by atoms with E-state index in [9.17, 15) is 4.79 Å². The molecule has 4 aromatic rings. The van der Waals surface area contributed by atoms with Crippen LogP contribution in [0.3, 0.4) is 0 Å². The summed E-state index contributed by atoms with van der Waals surface area (Å²) in [6, 6.07) is 11.3. The van der Waals surface area contributed by atoms with Crippen molar-refractivity contribution >= 4 is 51.4 Å². The lowest BCUT2D eigenvalue weighted by molar-refractivity contribution is 0.240. The Morgan fingerprint density at radius 1 is 1.20 bits per heavy atom. The fourth-order valence-corrected chi connectivity index (χ4v) is 5.24. The molecule has 1 aliphatic rings. The number of halogens is 2. The predicted molar refractivity (Wildman–Crippen MR) is 160 cm³/mol. The minimum Gasteiger partial charge on any atom is -0.495 e. The molecule has 0 spiro atoms. The smallest absolute Gasteiger partial charge is 0.266 e. The molecule has 2 N–H and O–H groups in total. The van der Waals surface area contributed by atoms with Crippen molar-refractivity contribution in [3.05, 3.63) is 74.8 Å². The number of anilines is 3. The summed E-state index contributed by atoms with van der Waals surface area (Å²) in [6.07, 6.45) is 3.06. The molecule has 3 heterocycles. The van der Waals surface area contributed by atoms with E-state index in [-0.39, 0.29) is 17.6 Å². The van der Waals surface area contributed by atoms with Crippen LogP contribution >= 0.6 is 23.2 Å². The van der Waals surface area contributed by atoms with Crippen LogP contribution in [-0.4, -0.2) is 61.0 Å². The number of fused-ring (bicyclic) bond motifs is 1. The Bertz CT molecular complexity index is 1660. The Morgan fingerprint density at radius 3 is 2.73 bits per heavy atom. The van der Waals surface area contributed by atoms with Gasteiger partial charge < -0.3 is 25.0 Å². The van der Waals surface area contributed by atoms with Crippen molar-refractivity contribution in [3.8, 4) is 23.3 Å². The van der Waals surface area contributed by atoms with Crippen LogP contribution in [0, 0.1) is 11.8 Å². The summed E-state index contributed by atoms with van der Waals surface area (Å²) in [7, 11) is 3.21. The molecule has 40 heavy (non-hydrogen) atoms. The molecule has 0 amide bonds. The molecule has 5 rings (SSSR count). The van der Waals surface area contributed by atoms with Crippen LogP contribution in [0.25, 0.3) is 16.6 Å². The van der Waals surface area contributed by atoms with Crippen molar-refractivity contribution in [1.29, 1.82) is 0 Å². The fourth-order valence-electron chi connectivity index (χ4n) is 4.66. The maximum absolute atomic E-state index is 13.5. The summed E-state index contributed by atoms with van der Waals surface area (Å²) < 4.78 is 12.2. The lowest BCUT2D eigenvalue weighted by atomic mass is 10.1. The minimum atomic E-state index is -0.370. The zero-order valence-electron chi connectivity index (χ0n) is 22.3. The van der Waals surface area contributed by atoms with Gasteiger partial charge in [-0.15, -0.1) is 0 Å². The minimum absolute atomic E-state index is 0.210. The molecule has 0 bridgehead atoms. The van der Waals surface area contributed by atoms with Gasteiger partial charge in [-0.1, -0.05) is 41.1 Å². The van der Waals surface area contributed by atoms with Crippen LogP contribution in [-0.2, 0) is 4.74 Å². The molecule has 0 unspecified atom stereocenters. The Morgan fingerprint density at radius 2 is 2.00 bits per heavy atom. The van der Waals surface area contributed by atoms with Crippen LogP contribution in [0.1, 0.15) is 12.5 Å². The largest absolute Gasteiger partial charge is 0.495 e. The monoisotopic (exact) mass is 578 g/mol. The molecule has 206 valence electrons. The van der Waals surface area contributed by atoms with Gasteiger partial charge in [-0.25, -0.2) is 9.97 Å². The van der Waals surface area contributed by atoms with E-state index in [0.29, 0.717) is 38.8 Å². The van der Waals surface area contributed by atoms with Gasteiger partial charge in [0.2, 0.25) is 5.95 Å². The fraction of sp³-hybridized carbons (Fsp3) is 0.276. The lowest BCUT2D eigenvalue weighted by Crippen LogP contribution is -2.49. The number of aromatic nitrogens is 3.